The Morgan fingerprint density at radius 2 is 1.50 bits per heavy atom. The van der Waals surface area contributed by atoms with Crippen LogP contribution in [0.1, 0.15) is 0 Å². The van der Waals surface area contributed by atoms with Crippen LogP contribution in [0.15, 0.2) is 28.0 Å². The van der Waals surface area contributed by atoms with Crippen molar-refractivity contribution in [2.75, 3.05) is 7.11 Å². The van der Waals surface area contributed by atoms with Crippen molar-refractivity contribution in [3.05, 3.63) is 18.2 Å². The largest absolute Gasteiger partial charge is 1.00 e. The number of hydrogen-bond donors (Lipinski definition) is 0. The first-order valence-corrected chi connectivity index (χ1v) is 6.58. The van der Waals surface area contributed by atoms with Gasteiger partial charge in [0, 0.05) is 0 Å². The van der Waals surface area contributed by atoms with Gasteiger partial charge in [-0.05, 0) is 18.2 Å². The molecular formula is C7H6Na2O7S2. The van der Waals surface area contributed by atoms with E-state index in [-0.39, 0.29) is 64.9 Å². The van der Waals surface area contributed by atoms with Crippen molar-refractivity contribution in [3.8, 4) is 5.75 Å². The average Bonchev–Trinajstić information content (AvgIpc) is 2.14. The molecule has 90 valence electrons. The van der Waals surface area contributed by atoms with Crippen molar-refractivity contribution < 1.29 is 89.8 Å². The number of methoxy groups -OCH3 is 1. The molecule has 0 N–H and O–H groups in total. The van der Waals surface area contributed by atoms with Gasteiger partial charge in [0.15, 0.2) is 0 Å². The molecule has 0 bridgehead atoms. The van der Waals surface area contributed by atoms with Crippen molar-refractivity contribution in [1.82, 2.24) is 0 Å². The molecule has 0 amide bonds. The summed E-state index contributed by atoms with van der Waals surface area (Å²) in [5.74, 6) is -0.317. The van der Waals surface area contributed by atoms with E-state index in [0.29, 0.717) is 6.07 Å². The van der Waals surface area contributed by atoms with Gasteiger partial charge < -0.3 is 13.8 Å². The number of benzene rings is 1. The van der Waals surface area contributed by atoms with Crippen LogP contribution in [0.25, 0.3) is 0 Å². The molecule has 0 radical (unpaired) electrons. The number of rotatable bonds is 3. The van der Waals surface area contributed by atoms with Gasteiger partial charge >= 0.3 is 59.1 Å². The summed E-state index contributed by atoms with van der Waals surface area (Å²) in [4.78, 5) is -1.69. The third-order valence-corrected chi connectivity index (χ3v) is 3.38. The van der Waals surface area contributed by atoms with Crippen molar-refractivity contribution >= 4 is 20.2 Å². The van der Waals surface area contributed by atoms with Gasteiger partial charge in [0.1, 0.15) is 26.0 Å². The Labute approximate surface area is 149 Å². The molecule has 18 heavy (non-hydrogen) atoms. The van der Waals surface area contributed by atoms with E-state index in [2.05, 4.69) is 4.74 Å². The van der Waals surface area contributed by atoms with Gasteiger partial charge in [-0.2, -0.15) is 0 Å². The van der Waals surface area contributed by atoms with Crippen LogP contribution in [0.2, 0.25) is 0 Å². The van der Waals surface area contributed by atoms with Gasteiger partial charge in [-0.25, -0.2) is 16.8 Å². The first-order chi connectivity index (χ1) is 7.16. The molecule has 0 saturated heterocycles. The fourth-order valence-electron chi connectivity index (χ4n) is 1.01. The van der Waals surface area contributed by atoms with E-state index in [4.69, 9.17) is 0 Å². The van der Waals surface area contributed by atoms with Crippen LogP contribution in [0.5, 0.6) is 5.75 Å². The minimum absolute atomic E-state index is 0. The molecule has 0 atom stereocenters. The second kappa shape index (κ2) is 7.58. The van der Waals surface area contributed by atoms with Gasteiger partial charge in [-0.3, -0.25) is 0 Å². The summed E-state index contributed by atoms with van der Waals surface area (Å²) in [5.41, 5.74) is 0. The predicted molar refractivity (Wildman–Crippen MR) is 48.9 cm³/mol. The summed E-state index contributed by atoms with van der Waals surface area (Å²) >= 11 is 0. The van der Waals surface area contributed by atoms with E-state index >= 15 is 0 Å². The van der Waals surface area contributed by atoms with Crippen molar-refractivity contribution in [2.24, 2.45) is 0 Å². The van der Waals surface area contributed by atoms with Crippen LogP contribution < -0.4 is 63.9 Å². The third kappa shape index (κ3) is 5.45. The maximum absolute atomic E-state index is 10.8. The summed E-state index contributed by atoms with van der Waals surface area (Å²) in [7, 11) is -8.62. The summed E-state index contributed by atoms with van der Waals surface area (Å²) in [6.45, 7) is 0. The Hall–Kier alpha value is 0.840. The number of ether oxygens (including phenoxy) is 1. The maximum atomic E-state index is 10.8. The zero-order valence-electron chi connectivity index (χ0n) is 9.91. The summed E-state index contributed by atoms with van der Waals surface area (Å²) < 4.78 is 68.7. The van der Waals surface area contributed by atoms with Crippen molar-refractivity contribution in [3.63, 3.8) is 0 Å². The van der Waals surface area contributed by atoms with Gasteiger partial charge in [0.2, 0.25) is 0 Å². The Kier molecular flexibility index (Phi) is 8.90. The van der Waals surface area contributed by atoms with E-state index < -0.39 is 30.0 Å². The molecule has 7 nitrogen and oxygen atoms in total. The zero-order chi connectivity index (χ0) is 12.6. The minimum atomic E-state index is -4.91. The Balaban J connectivity index is 0. The molecule has 0 aromatic heterocycles. The van der Waals surface area contributed by atoms with Crippen LogP contribution >= 0.6 is 0 Å². The molecule has 1 rings (SSSR count). The standard InChI is InChI=1S/C7H8O7S2.2Na/c1-14-6-3-2-5(15(8,9)10)4-7(6)16(11,12)13;;/h2-4H,1H3,(H,8,9,10)(H,11,12,13);;/q;2*+1/p-2. The SMILES string of the molecule is COc1ccc(S(=O)(=O)[O-])cc1S(=O)(=O)[O-].[Na+].[Na+]. The molecule has 0 aliphatic heterocycles. The fraction of sp³-hybridized carbons (Fsp3) is 0.143. The smallest absolute Gasteiger partial charge is 0.744 e. The quantitative estimate of drug-likeness (QED) is 0.401. The molecule has 0 aliphatic rings. The fourth-order valence-corrected chi connectivity index (χ4v) is 2.25. The van der Waals surface area contributed by atoms with Gasteiger partial charge in [0.25, 0.3) is 0 Å². The monoisotopic (exact) mass is 312 g/mol. The summed E-state index contributed by atoms with van der Waals surface area (Å²) in [6, 6.07) is 2.26. The van der Waals surface area contributed by atoms with Crippen molar-refractivity contribution in [2.45, 2.75) is 9.79 Å². The van der Waals surface area contributed by atoms with Gasteiger partial charge in [-0.15, -0.1) is 0 Å². The summed E-state index contributed by atoms with van der Waals surface area (Å²) in [6.07, 6.45) is 0. The van der Waals surface area contributed by atoms with Crippen LogP contribution in [-0.4, -0.2) is 33.1 Å². The molecule has 0 aliphatic carbocycles. The first-order valence-electron chi connectivity index (χ1n) is 3.76. The van der Waals surface area contributed by atoms with Crippen LogP contribution in [0.3, 0.4) is 0 Å². The molecule has 1 aromatic rings. The van der Waals surface area contributed by atoms with E-state index in [9.17, 15) is 25.9 Å². The van der Waals surface area contributed by atoms with Crippen LogP contribution in [0.4, 0.5) is 0 Å². The predicted octanol–water partition coefficient (Wildman–Crippen LogP) is -6.49. The van der Waals surface area contributed by atoms with E-state index in [1.165, 1.54) is 0 Å². The first kappa shape index (κ1) is 21.1. The third-order valence-electron chi connectivity index (χ3n) is 1.69. The topological polar surface area (TPSA) is 124 Å². The van der Waals surface area contributed by atoms with Gasteiger partial charge in [-0.1, -0.05) is 0 Å². The second-order valence-corrected chi connectivity index (χ2v) is 5.45. The van der Waals surface area contributed by atoms with E-state index in [1.54, 1.807) is 0 Å². The van der Waals surface area contributed by atoms with Gasteiger partial charge in [0.05, 0.1) is 16.9 Å². The van der Waals surface area contributed by atoms with Crippen LogP contribution in [0, 0.1) is 0 Å². The zero-order valence-corrected chi connectivity index (χ0v) is 15.5. The Morgan fingerprint density at radius 1 is 1.00 bits per heavy atom. The minimum Gasteiger partial charge on any atom is -0.744 e. The number of hydrogen-bond acceptors (Lipinski definition) is 7. The van der Waals surface area contributed by atoms with E-state index in [1.807, 2.05) is 0 Å². The summed E-state index contributed by atoms with van der Waals surface area (Å²) in [5, 5.41) is 0. The van der Waals surface area contributed by atoms with Crippen molar-refractivity contribution in [1.29, 1.82) is 0 Å². The Bertz CT molecular complexity index is 609. The second-order valence-electron chi connectivity index (χ2n) is 2.72. The molecule has 0 saturated carbocycles. The molecular weight excluding hydrogens is 306 g/mol. The Morgan fingerprint density at radius 3 is 1.83 bits per heavy atom. The molecule has 0 spiro atoms. The van der Waals surface area contributed by atoms with E-state index in [0.717, 1.165) is 19.2 Å². The molecule has 1 aromatic carbocycles. The molecule has 11 heteroatoms. The molecule has 0 heterocycles. The average molecular weight is 312 g/mol. The maximum Gasteiger partial charge on any atom is 1.00 e. The van der Waals surface area contributed by atoms with Crippen LogP contribution in [-0.2, 0) is 20.2 Å². The normalized spacial score (nSPS) is 11.1. The molecule has 0 unspecified atom stereocenters. The molecule has 0 fully saturated rings.